The smallest absolute Gasteiger partial charge is 0.254 e. The van der Waals surface area contributed by atoms with Gasteiger partial charge in [-0.2, -0.15) is 0 Å². The monoisotopic (exact) mass is 342 g/mol. The normalized spacial score (nSPS) is 11.8. The lowest BCUT2D eigenvalue weighted by Gasteiger charge is -2.02. The van der Waals surface area contributed by atoms with E-state index in [0.29, 0.717) is 11.3 Å². The molecule has 0 radical (unpaired) electrons. The van der Waals surface area contributed by atoms with Crippen LogP contribution in [0.1, 0.15) is 10.4 Å². The molecule has 1 aromatic heterocycles. The number of hydrogen-bond acceptors (Lipinski definition) is 3. The van der Waals surface area contributed by atoms with Gasteiger partial charge in [0.25, 0.3) is 5.91 Å². The lowest BCUT2D eigenvalue weighted by molar-refractivity contribution is 0.0996. The van der Waals surface area contributed by atoms with Crippen LogP contribution in [0.15, 0.2) is 68.5 Å². The third-order valence-electron chi connectivity index (χ3n) is 2.96. The van der Waals surface area contributed by atoms with E-state index in [0.717, 1.165) is 9.86 Å². The lowest BCUT2D eigenvalue weighted by Crippen LogP contribution is -2.21. The molecule has 0 bridgehead atoms. The third kappa shape index (κ3) is 2.87. The Hall–Kier alpha value is -2.40. The van der Waals surface area contributed by atoms with E-state index in [1.54, 1.807) is 6.07 Å². The molecule has 21 heavy (non-hydrogen) atoms. The van der Waals surface area contributed by atoms with Gasteiger partial charge in [-0.05, 0) is 36.4 Å². The van der Waals surface area contributed by atoms with Gasteiger partial charge in [0.1, 0.15) is 11.1 Å². The zero-order valence-electron chi connectivity index (χ0n) is 10.9. The molecule has 3 aromatic rings. The van der Waals surface area contributed by atoms with Crippen molar-refractivity contribution in [1.29, 1.82) is 0 Å². The van der Waals surface area contributed by atoms with Crippen LogP contribution in [0.4, 0.5) is 5.69 Å². The Balaban J connectivity index is 2.30. The van der Waals surface area contributed by atoms with Gasteiger partial charge < -0.3 is 10.2 Å². The molecule has 104 valence electrons. The Morgan fingerprint density at radius 1 is 1.10 bits per heavy atom. The fourth-order valence-corrected chi connectivity index (χ4v) is 2.36. The Morgan fingerprint density at radius 2 is 1.86 bits per heavy atom. The van der Waals surface area contributed by atoms with Crippen molar-refractivity contribution in [2.24, 2.45) is 10.7 Å². The molecule has 0 saturated heterocycles. The highest BCUT2D eigenvalue weighted by atomic mass is 79.9. The maximum absolute atomic E-state index is 11.6. The van der Waals surface area contributed by atoms with Gasteiger partial charge in [-0.1, -0.05) is 34.1 Å². The molecule has 0 aliphatic heterocycles. The number of benzene rings is 2. The summed E-state index contributed by atoms with van der Waals surface area (Å²) in [7, 11) is 0. The van der Waals surface area contributed by atoms with Crippen LogP contribution in [0, 0.1) is 0 Å². The predicted molar refractivity (Wildman–Crippen MR) is 84.1 cm³/mol. The molecular formula is C16H11BrN2O2. The summed E-state index contributed by atoms with van der Waals surface area (Å²) in [5, 5.41) is 0.783. The molecule has 1 heterocycles. The van der Waals surface area contributed by atoms with E-state index in [-0.39, 0.29) is 11.1 Å². The summed E-state index contributed by atoms with van der Waals surface area (Å²) < 4.78 is 6.62. The molecule has 0 aliphatic rings. The SMILES string of the molecule is NC(=O)c1cc2cc(Br)ccc2oc1=Nc1ccccc1. The van der Waals surface area contributed by atoms with Gasteiger partial charge in [-0.3, -0.25) is 4.79 Å². The van der Waals surface area contributed by atoms with E-state index in [9.17, 15) is 4.79 Å². The summed E-state index contributed by atoms with van der Waals surface area (Å²) in [4.78, 5) is 16.0. The number of carbonyl (C=O) groups is 1. The molecule has 2 N–H and O–H groups in total. The van der Waals surface area contributed by atoms with Crippen molar-refractivity contribution < 1.29 is 9.21 Å². The van der Waals surface area contributed by atoms with Gasteiger partial charge >= 0.3 is 0 Å². The number of halogens is 1. The molecule has 0 spiro atoms. The number of primary amides is 1. The first-order valence-electron chi connectivity index (χ1n) is 6.26. The quantitative estimate of drug-likeness (QED) is 0.773. The number of para-hydroxylation sites is 1. The van der Waals surface area contributed by atoms with E-state index in [1.165, 1.54) is 0 Å². The summed E-state index contributed by atoms with van der Waals surface area (Å²) in [6.07, 6.45) is 0. The van der Waals surface area contributed by atoms with Crippen LogP contribution >= 0.6 is 15.9 Å². The van der Waals surface area contributed by atoms with Crippen LogP contribution < -0.4 is 11.3 Å². The molecule has 0 aliphatic carbocycles. The molecule has 4 nitrogen and oxygen atoms in total. The van der Waals surface area contributed by atoms with E-state index in [2.05, 4.69) is 20.9 Å². The second kappa shape index (κ2) is 5.54. The molecular weight excluding hydrogens is 332 g/mol. The first-order valence-corrected chi connectivity index (χ1v) is 7.06. The maximum Gasteiger partial charge on any atom is 0.254 e. The fraction of sp³-hybridized carbons (Fsp3) is 0. The van der Waals surface area contributed by atoms with Gasteiger partial charge in [0.05, 0.1) is 5.69 Å². The topological polar surface area (TPSA) is 68.6 Å². The van der Waals surface area contributed by atoms with Crippen molar-refractivity contribution >= 4 is 38.5 Å². The fourth-order valence-electron chi connectivity index (χ4n) is 1.98. The minimum Gasteiger partial charge on any atom is -0.438 e. The first-order chi connectivity index (χ1) is 10.1. The highest BCUT2D eigenvalue weighted by Gasteiger charge is 2.09. The minimum absolute atomic E-state index is 0.212. The molecule has 2 aromatic carbocycles. The number of carbonyl (C=O) groups excluding carboxylic acids is 1. The van der Waals surface area contributed by atoms with Gasteiger partial charge in [0, 0.05) is 9.86 Å². The standard InChI is InChI=1S/C16H11BrN2O2/c17-11-6-7-14-10(8-11)9-13(15(18)20)16(21-14)19-12-4-2-1-3-5-12/h1-9H,(H2,18,20). The molecule has 0 atom stereocenters. The number of hydrogen-bond donors (Lipinski definition) is 1. The summed E-state index contributed by atoms with van der Waals surface area (Å²) >= 11 is 3.39. The molecule has 0 unspecified atom stereocenters. The van der Waals surface area contributed by atoms with Crippen molar-refractivity contribution in [3.63, 3.8) is 0 Å². The second-order valence-corrected chi connectivity index (χ2v) is 5.37. The molecule has 5 heteroatoms. The van der Waals surface area contributed by atoms with Gasteiger partial charge in [-0.15, -0.1) is 0 Å². The van der Waals surface area contributed by atoms with E-state index in [4.69, 9.17) is 10.2 Å². The Kier molecular flexibility index (Phi) is 3.58. The van der Waals surface area contributed by atoms with Gasteiger partial charge in [0.15, 0.2) is 0 Å². The highest BCUT2D eigenvalue weighted by molar-refractivity contribution is 9.10. The summed E-state index contributed by atoms with van der Waals surface area (Å²) in [5.41, 5.74) is 7.22. The van der Waals surface area contributed by atoms with Crippen molar-refractivity contribution in [2.75, 3.05) is 0 Å². The molecule has 3 rings (SSSR count). The summed E-state index contributed by atoms with van der Waals surface area (Å²) in [6, 6.07) is 16.5. The maximum atomic E-state index is 11.6. The number of nitrogens with two attached hydrogens (primary N) is 1. The van der Waals surface area contributed by atoms with Crippen molar-refractivity contribution in [3.8, 4) is 0 Å². The van der Waals surface area contributed by atoms with Crippen molar-refractivity contribution in [2.45, 2.75) is 0 Å². The second-order valence-electron chi connectivity index (χ2n) is 4.46. The zero-order chi connectivity index (χ0) is 14.8. The van der Waals surface area contributed by atoms with E-state index in [1.807, 2.05) is 48.5 Å². The van der Waals surface area contributed by atoms with Gasteiger partial charge in [0.2, 0.25) is 5.55 Å². The lowest BCUT2D eigenvalue weighted by atomic mass is 10.2. The minimum atomic E-state index is -0.574. The largest absolute Gasteiger partial charge is 0.438 e. The first kappa shape index (κ1) is 13.6. The Bertz CT molecular complexity index is 886. The van der Waals surface area contributed by atoms with Crippen LogP contribution in [0.3, 0.4) is 0 Å². The third-order valence-corrected chi connectivity index (χ3v) is 3.45. The number of amides is 1. The van der Waals surface area contributed by atoms with E-state index < -0.39 is 5.91 Å². The molecule has 0 saturated carbocycles. The van der Waals surface area contributed by atoms with Crippen LogP contribution in [0.2, 0.25) is 0 Å². The predicted octanol–water partition coefficient (Wildman–Crippen LogP) is 3.53. The number of rotatable bonds is 2. The van der Waals surface area contributed by atoms with Crippen LogP contribution in [0.5, 0.6) is 0 Å². The zero-order valence-corrected chi connectivity index (χ0v) is 12.5. The van der Waals surface area contributed by atoms with Crippen LogP contribution in [-0.2, 0) is 0 Å². The molecule has 1 amide bonds. The van der Waals surface area contributed by atoms with Crippen molar-refractivity contribution in [1.82, 2.24) is 0 Å². The van der Waals surface area contributed by atoms with Gasteiger partial charge in [-0.25, -0.2) is 4.99 Å². The van der Waals surface area contributed by atoms with Crippen molar-refractivity contribution in [3.05, 3.63) is 70.2 Å². The molecule has 0 fully saturated rings. The van der Waals surface area contributed by atoms with Crippen LogP contribution in [0.25, 0.3) is 11.0 Å². The van der Waals surface area contributed by atoms with Crippen LogP contribution in [-0.4, -0.2) is 5.91 Å². The summed E-state index contributed by atoms with van der Waals surface area (Å²) in [6.45, 7) is 0. The Labute approximate surface area is 129 Å². The average molecular weight is 343 g/mol. The Morgan fingerprint density at radius 3 is 2.57 bits per heavy atom. The highest BCUT2D eigenvalue weighted by Crippen LogP contribution is 2.19. The summed E-state index contributed by atoms with van der Waals surface area (Å²) in [5.74, 6) is -0.574. The number of fused-ring (bicyclic) bond motifs is 1. The number of nitrogens with zero attached hydrogens (tertiary/aromatic N) is 1. The average Bonchev–Trinajstić information content (AvgIpc) is 2.47. The van der Waals surface area contributed by atoms with E-state index >= 15 is 0 Å².